The highest BCUT2D eigenvalue weighted by atomic mass is 16.6. The Morgan fingerprint density at radius 2 is 1.44 bits per heavy atom. The molecule has 3 nitrogen and oxygen atoms in total. The molecular formula is C22H17NO2. The highest BCUT2D eigenvalue weighted by molar-refractivity contribution is 5.74. The summed E-state index contributed by atoms with van der Waals surface area (Å²) >= 11 is 0. The summed E-state index contributed by atoms with van der Waals surface area (Å²) in [6, 6.07) is 21.4. The molecular weight excluding hydrogens is 310 g/mol. The Morgan fingerprint density at radius 1 is 0.760 bits per heavy atom. The summed E-state index contributed by atoms with van der Waals surface area (Å²) in [5.41, 5.74) is 7.14. The first-order chi connectivity index (χ1) is 12.2. The Morgan fingerprint density at radius 3 is 2.12 bits per heavy atom. The molecule has 0 aromatic heterocycles. The lowest BCUT2D eigenvalue weighted by Gasteiger charge is -2.18. The van der Waals surface area contributed by atoms with Gasteiger partial charge < -0.3 is 0 Å². The second-order valence-corrected chi connectivity index (χ2v) is 6.29. The molecule has 3 aromatic carbocycles. The third-order valence-corrected chi connectivity index (χ3v) is 4.64. The summed E-state index contributed by atoms with van der Waals surface area (Å²) in [6.07, 6.45) is 6.58. The van der Waals surface area contributed by atoms with E-state index in [4.69, 9.17) is 0 Å². The number of nitro groups is 1. The Hall–Kier alpha value is -3.20. The molecule has 0 fully saturated rings. The Labute approximate surface area is 146 Å². The van der Waals surface area contributed by atoms with Crippen LogP contribution in [0.2, 0.25) is 0 Å². The zero-order valence-electron chi connectivity index (χ0n) is 13.7. The summed E-state index contributed by atoms with van der Waals surface area (Å²) in [6.45, 7) is 0. The fourth-order valence-corrected chi connectivity index (χ4v) is 3.13. The lowest BCUT2D eigenvalue weighted by Crippen LogP contribution is -2.07. The highest BCUT2D eigenvalue weighted by Gasteiger charge is 2.11. The Bertz CT molecular complexity index is 989. The van der Waals surface area contributed by atoms with E-state index < -0.39 is 0 Å². The van der Waals surface area contributed by atoms with Crippen molar-refractivity contribution >= 4 is 17.8 Å². The molecule has 0 saturated carbocycles. The van der Waals surface area contributed by atoms with E-state index in [-0.39, 0.29) is 10.6 Å². The molecule has 3 aromatic rings. The van der Waals surface area contributed by atoms with Crippen LogP contribution in [0.5, 0.6) is 0 Å². The maximum Gasteiger partial charge on any atom is 0.270 e. The molecule has 1 aliphatic carbocycles. The van der Waals surface area contributed by atoms with Gasteiger partial charge in [0.05, 0.1) is 4.92 Å². The molecule has 0 unspecified atom stereocenters. The van der Waals surface area contributed by atoms with Gasteiger partial charge >= 0.3 is 0 Å². The standard InChI is InChI=1S/C22H17NO2/c24-23(25)22-6-2-5-20(15-22)19-4-1-3-16(13-19)7-8-17-9-10-18-11-12-21(18)14-17/h1-10,13-15H,11-12H2/b8-7+. The van der Waals surface area contributed by atoms with E-state index in [1.165, 1.54) is 35.6 Å². The van der Waals surface area contributed by atoms with Crippen molar-refractivity contribution in [3.05, 3.63) is 99.1 Å². The van der Waals surface area contributed by atoms with Crippen molar-refractivity contribution in [2.75, 3.05) is 0 Å². The number of aryl methyl sites for hydroxylation is 2. The molecule has 122 valence electrons. The van der Waals surface area contributed by atoms with Crippen molar-refractivity contribution in [1.82, 2.24) is 0 Å². The number of hydrogen-bond acceptors (Lipinski definition) is 2. The van der Waals surface area contributed by atoms with Gasteiger partial charge in [-0.3, -0.25) is 10.1 Å². The van der Waals surface area contributed by atoms with Crippen LogP contribution in [0.15, 0.2) is 66.7 Å². The van der Waals surface area contributed by atoms with Crippen LogP contribution in [0.4, 0.5) is 5.69 Å². The van der Waals surface area contributed by atoms with Crippen molar-refractivity contribution in [2.24, 2.45) is 0 Å². The largest absolute Gasteiger partial charge is 0.270 e. The molecule has 0 N–H and O–H groups in total. The molecule has 0 spiro atoms. The summed E-state index contributed by atoms with van der Waals surface area (Å²) in [5, 5.41) is 11.0. The fraction of sp³-hybridized carbons (Fsp3) is 0.0909. The maximum absolute atomic E-state index is 11.0. The van der Waals surface area contributed by atoms with Crippen LogP contribution in [0.1, 0.15) is 22.3 Å². The third-order valence-electron chi connectivity index (χ3n) is 4.64. The van der Waals surface area contributed by atoms with Crippen molar-refractivity contribution < 1.29 is 4.92 Å². The van der Waals surface area contributed by atoms with Crippen LogP contribution in [0.3, 0.4) is 0 Å². The SMILES string of the molecule is O=[N+]([O-])c1cccc(-c2cccc(/C=C/c3ccc4c(c3)CC4)c2)c1. The smallest absolute Gasteiger partial charge is 0.258 e. The van der Waals surface area contributed by atoms with Crippen LogP contribution in [-0.4, -0.2) is 4.92 Å². The molecule has 3 heteroatoms. The predicted octanol–water partition coefficient (Wildman–Crippen LogP) is 5.53. The predicted molar refractivity (Wildman–Crippen MR) is 101 cm³/mol. The van der Waals surface area contributed by atoms with Gasteiger partial charge in [0.2, 0.25) is 0 Å². The fourth-order valence-electron chi connectivity index (χ4n) is 3.13. The average molecular weight is 327 g/mol. The van der Waals surface area contributed by atoms with Gasteiger partial charge in [0.25, 0.3) is 5.69 Å². The first-order valence-corrected chi connectivity index (χ1v) is 8.34. The second-order valence-electron chi connectivity index (χ2n) is 6.29. The zero-order valence-corrected chi connectivity index (χ0v) is 13.7. The number of non-ortho nitro benzene ring substituents is 1. The molecule has 0 amide bonds. The van der Waals surface area contributed by atoms with E-state index in [2.05, 4.69) is 36.4 Å². The molecule has 0 aliphatic heterocycles. The quantitative estimate of drug-likeness (QED) is 0.359. The topological polar surface area (TPSA) is 43.1 Å². The van der Waals surface area contributed by atoms with E-state index in [1.807, 2.05) is 24.3 Å². The minimum Gasteiger partial charge on any atom is -0.258 e. The Kier molecular flexibility index (Phi) is 3.90. The summed E-state index contributed by atoms with van der Waals surface area (Å²) < 4.78 is 0. The first kappa shape index (κ1) is 15.3. The molecule has 4 rings (SSSR count). The number of nitro benzene ring substituents is 1. The normalized spacial score (nSPS) is 12.6. The third kappa shape index (κ3) is 3.22. The maximum atomic E-state index is 11.0. The van der Waals surface area contributed by atoms with E-state index in [1.54, 1.807) is 12.1 Å². The molecule has 0 atom stereocenters. The molecule has 25 heavy (non-hydrogen) atoms. The van der Waals surface area contributed by atoms with E-state index in [0.717, 1.165) is 16.7 Å². The molecule has 0 bridgehead atoms. The highest BCUT2D eigenvalue weighted by Crippen LogP contribution is 2.26. The minimum atomic E-state index is -0.363. The van der Waals surface area contributed by atoms with Gasteiger partial charge in [-0.15, -0.1) is 0 Å². The molecule has 0 saturated heterocycles. The number of hydrogen-bond donors (Lipinski definition) is 0. The summed E-state index contributed by atoms with van der Waals surface area (Å²) in [4.78, 5) is 10.6. The number of rotatable bonds is 4. The lowest BCUT2D eigenvalue weighted by molar-refractivity contribution is -0.384. The van der Waals surface area contributed by atoms with Crippen LogP contribution >= 0.6 is 0 Å². The van der Waals surface area contributed by atoms with Gasteiger partial charge in [0, 0.05) is 12.1 Å². The van der Waals surface area contributed by atoms with Crippen LogP contribution in [-0.2, 0) is 12.8 Å². The van der Waals surface area contributed by atoms with Gasteiger partial charge in [-0.1, -0.05) is 60.7 Å². The van der Waals surface area contributed by atoms with Crippen molar-refractivity contribution in [3.8, 4) is 11.1 Å². The van der Waals surface area contributed by atoms with Gasteiger partial charge in [0.1, 0.15) is 0 Å². The monoisotopic (exact) mass is 327 g/mol. The number of fused-ring (bicyclic) bond motifs is 1. The van der Waals surface area contributed by atoms with E-state index >= 15 is 0 Å². The van der Waals surface area contributed by atoms with E-state index in [9.17, 15) is 10.1 Å². The average Bonchev–Trinajstić information content (AvgIpc) is 2.62. The molecule has 0 radical (unpaired) electrons. The lowest BCUT2D eigenvalue weighted by atomic mass is 9.87. The van der Waals surface area contributed by atoms with Gasteiger partial charge in [-0.05, 0) is 52.3 Å². The number of nitrogens with zero attached hydrogens (tertiary/aromatic N) is 1. The van der Waals surface area contributed by atoms with E-state index in [0.29, 0.717) is 0 Å². The Balaban J connectivity index is 1.60. The van der Waals surface area contributed by atoms with Crippen molar-refractivity contribution in [3.63, 3.8) is 0 Å². The summed E-state index contributed by atoms with van der Waals surface area (Å²) in [5.74, 6) is 0. The van der Waals surface area contributed by atoms with Crippen molar-refractivity contribution in [2.45, 2.75) is 12.8 Å². The van der Waals surface area contributed by atoms with Gasteiger partial charge in [0.15, 0.2) is 0 Å². The minimum absolute atomic E-state index is 0.112. The van der Waals surface area contributed by atoms with Crippen LogP contribution in [0.25, 0.3) is 23.3 Å². The molecule has 1 aliphatic rings. The second kappa shape index (κ2) is 6.36. The summed E-state index contributed by atoms with van der Waals surface area (Å²) in [7, 11) is 0. The zero-order chi connectivity index (χ0) is 17.2. The van der Waals surface area contributed by atoms with Gasteiger partial charge in [-0.2, -0.15) is 0 Å². The van der Waals surface area contributed by atoms with Gasteiger partial charge in [-0.25, -0.2) is 0 Å². The number of benzene rings is 3. The molecule has 0 heterocycles. The van der Waals surface area contributed by atoms with Crippen LogP contribution < -0.4 is 0 Å². The van der Waals surface area contributed by atoms with Crippen molar-refractivity contribution in [1.29, 1.82) is 0 Å². The van der Waals surface area contributed by atoms with Crippen LogP contribution in [0, 0.1) is 10.1 Å². The first-order valence-electron chi connectivity index (χ1n) is 8.34.